The van der Waals surface area contributed by atoms with Gasteiger partial charge in [0.25, 0.3) is 0 Å². The molecule has 0 spiro atoms. The minimum atomic E-state index is -1.97. The van der Waals surface area contributed by atoms with E-state index in [1.54, 1.807) is 6.92 Å². The molecule has 0 amide bonds. The standard InChI is InChI=1S/C7H18O4Si/c1-4-9-12(10-5-2)11-7(3)6-8/h7-8,12H,4-6H2,1-3H3. The summed E-state index contributed by atoms with van der Waals surface area (Å²) in [7, 11) is -1.97. The third-order valence-corrected chi connectivity index (χ3v) is 3.10. The van der Waals surface area contributed by atoms with Crippen molar-refractivity contribution in [3.8, 4) is 0 Å². The molecule has 5 heteroatoms. The van der Waals surface area contributed by atoms with Gasteiger partial charge in [-0.25, -0.2) is 0 Å². The van der Waals surface area contributed by atoms with Crippen LogP contribution in [0.1, 0.15) is 20.8 Å². The fourth-order valence-corrected chi connectivity index (χ4v) is 1.89. The molecule has 0 saturated carbocycles. The van der Waals surface area contributed by atoms with Crippen LogP contribution in [-0.2, 0) is 13.3 Å². The van der Waals surface area contributed by atoms with Crippen molar-refractivity contribution in [2.24, 2.45) is 0 Å². The largest absolute Gasteiger partial charge is 0.484 e. The summed E-state index contributed by atoms with van der Waals surface area (Å²) in [6.45, 7) is 6.77. The van der Waals surface area contributed by atoms with E-state index in [0.717, 1.165) is 0 Å². The first kappa shape index (κ1) is 12.1. The molecule has 0 aliphatic carbocycles. The van der Waals surface area contributed by atoms with E-state index in [4.69, 9.17) is 18.4 Å². The first-order valence-electron chi connectivity index (χ1n) is 4.24. The van der Waals surface area contributed by atoms with Gasteiger partial charge in [-0.05, 0) is 20.8 Å². The Kier molecular flexibility index (Phi) is 7.73. The summed E-state index contributed by atoms with van der Waals surface area (Å²) in [6, 6.07) is 0. The minimum absolute atomic E-state index is 0.00362. The van der Waals surface area contributed by atoms with Crippen molar-refractivity contribution in [3.63, 3.8) is 0 Å². The molecule has 0 aliphatic heterocycles. The van der Waals surface area contributed by atoms with Gasteiger partial charge in [0, 0.05) is 13.2 Å². The zero-order valence-electron chi connectivity index (χ0n) is 7.95. The van der Waals surface area contributed by atoms with Crippen LogP contribution in [0.2, 0.25) is 0 Å². The Hall–Kier alpha value is 0.0569. The van der Waals surface area contributed by atoms with E-state index in [2.05, 4.69) is 0 Å². The topological polar surface area (TPSA) is 47.9 Å². The molecule has 1 unspecified atom stereocenters. The second kappa shape index (κ2) is 7.69. The summed E-state index contributed by atoms with van der Waals surface area (Å²) in [4.78, 5) is 0. The lowest BCUT2D eigenvalue weighted by atomic mass is 10.5. The molecule has 0 aromatic rings. The third kappa shape index (κ3) is 5.67. The Morgan fingerprint density at radius 1 is 1.25 bits per heavy atom. The van der Waals surface area contributed by atoms with Gasteiger partial charge < -0.3 is 18.4 Å². The smallest absolute Gasteiger partial charge is 0.394 e. The fourth-order valence-electron chi connectivity index (χ4n) is 0.632. The third-order valence-electron chi connectivity index (χ3n) is 1.21. The zero-order chi connectivity index (χ0) is 9.40. The van der Waals surface area contributed by atoms with E-state index in [1.165, 1.54) is 0 Å². The molecule has 1 N–H and O–H groups in total. The second-order valence-electron chi connectivity index (χ2n) is 2.33. The number of aliphatic hydroxyl groups excluding tert-OH is 1. The highest BCUT2D eigenvalue weighted by molar-refractivity contribution is 6.36. The highest BCUT2D eigenvalue weighted by Gasteiger charge is 2.16. The molecule has 0 fully saturated rings. The molecule has 1 atom stereocenters. The van der Waals surface area contributed by atoms with Crippen LogP contribution >= 0.6 is 0 Å². The Balaban J connectivity index is 3.61. The lowest BCUT2D eigenvalue weighted by Crippen LogP contribution is -2.32. The molecule has 0 heterocycles. The van der Waals surface area contributed by atoms with Gasteiger partial charge >= 0.3 is 9.53 Å². The molecule has 0 aromatic carbocycles. The van der Waals surface area contributed by atoms with Crippen LogP contribution in [-0.4, -0.2) is 40.6 Å². The number of rotatable bonds is 7. The Labute approximate surface area is 75.4 Å². The van der Waals surface area contributed by atoms with Crippen LogP contribution in [0.25, 0.3) is 0 Å². The highest BCUT2D eigenvalue weighted by atomic mass is 28.3. The van der Waals surface area contributed by atoms with Gasteiger partial charge in [0.1, 0.15) is 0 Å². The molecular weight excluding hydrogens is 176 g/mol. The van der Waals surface area contributed by atoms with Crippen molar-refractivity contribution >= 4 is 9.53 Å². The predicted molar refractivity (Wildman–Crippen MR) is 48.0 cm³/mol. The maximum Gasteiger partial charge on any atom is 0.484 e. The molecule has 0 aliphatic rings. The van der Waals surface area contributed by atoms with Crippen molar-refractivity contribution in [1.29, 1.82) is 0 Å². The summed E-state index contributed by atoms with van der Waals surface area (Å²) in [5, 5.41) is 8.71. The van der Waals surface area contributed by atoms with Crippen molar-refractivity contribution < 1.29 is 18.4 Å². The van der Waals surface area contributed by atoms with Gasteiger partial charge in [-0.15, -0.1) is 0 Å². The summed E-state index contributed by atoms with van der Waals surface area (Å²) < 4.78 is 15.8. The summed E-state index contributed by atoms with van der Waals surface area (Å²) >= 11 is 0. The van der Waals surface area contributed by atoms with Crippen molar-refractivity contribution in [1.82, 2.24) is 0 Å². The van der Waals surface area contributed by atoms with E-state index >= 15 is 0 Å². The maximum atomic E-state index is 8.71. The number of aliphatic hydroxyl groups is 1. The van der Waals surface area contributed by atoms with Crippen LogP contribution in [0, 0.1) is 0 Å². The van der Waals surface area contributed by atoms with Gasteiger partial charge in [0.2, 0.25) is 0 Å². The molecule has 0 radical (unpaired) electrons. The molecule has 4 nitrogen and oxygen atoms in total. The summed E-state index contributed by atoms with van der Waals surface area (Å²) in [6.07, 6.45) is -0.195. The van der Waals surface area contributed by atoms with Gasteiger partial charge in [-0.1, -0.05) is 0 Å². The lowest BCUT2D eigenvalue weighted by Gasteiger charge is -2.18. The van der Waals surface area contributed by atoms with Crippen molar-refractivity contribution in [2.75, 3.05) is 19.8 Å². The Morgan fingerprint density at radius 2 is 1.75 bits per heavy atom. The normalized spacial score (nSPS) is 13.8. The fraction of sp³-hybridized carbons (Fsp3) is 1.00. The predicted octanol–water partition coefficient (Wildman–Crippen LogP) is 0.174. The monoisotopic (exact) mass is 194 g/mol. The van der Waals surface area contributed by atoms with E-state index in [9.17, 15) is 0 Å². The van der Waals surface area contributed by atoms with Crippen LogP contribution in [0.3, 0.4) is 0 Å². The van der Waals surface area contributed by atoms with Crippen molar-refractivity contribution in [2.45, 2.75) is 26.9 Å². The average Bonchev–Trinajstić information content (AvgIpc) is 2.05. The lowest BCUT2D eigenvalue weighted by molar-refractivity contribution is 0.0431. The van der Waals surface area contributed by atoms with E-state index < -0.39 is 9.53 Å². The number of hydrogen-bond acceptors (Lipinski definition) is 4. The maximum absolute atomic E-state index is 8.71. The molecule has 0 saturated heterocycles. The van der Waals surface area contributed by atoms with E-state index in [1.807, 2.05) is 13.8 Å². The highest BCUT2D eigenvalue weighted by Crippen LogP contribution is 1.97. The first-order valence-corrected chi connectivity index (χ1v) is 5.65. The molecule has 0 bridgehead atoms. The van der Waals surface area contributed by atoms with Crippen molar-refractivity contribution in [3.05, 3.63) is 0 Å². The summed E-state index contributed by atoms with van der Waals surface area (Å²) in [5.74, 6) is 0. The Bertz CT molecular complexity index is 95.4. The van der Waals surface area contributed by atoms with E-state index in [0.29, 0.717) is 13.2 Å². The zero-order valence-corrected chi connectivity index (χ0v) is 9.10. The van der Waals surface area contributed by atoms with Crippen LogP contribution in [0.4, 0.5) is 0 Å². The first-order chi connectivity index (χ1) is 5.74. The van der Waals surface area contributed by atoms with Crippen LogP contribution in [0.15, 0.2) is 0 Å². The molecule has 74 valence electrons. The Morgan fingerprint density at radius 3 is 2.08 bits per heavy atom. The van der Waals surface area contributed by atoms with Gasteiger partial charge in [0.15, 0.2) is 0 Å². The van der Waals surface area contributed by atoms with Gasteiger partial charge in [0.05, 0.1) is 12.7 Å². The van der Waals surface area contributed by atoms with Gasteiger partial charge in [-0.3, -0.25) is 0 Å². The SMILES string of the molecule is CCO[SiH](OCC)OC(C)CO. The summed E-state index contributed by atoms with van der Waals surface area (Å²) in [5.41, 5.74) is 0. The molecule has 12 heavy (non-hydrogen) atoms. The van der Waals surface area contributed by atoms with E-state index in [-0.39, 0.29) is 12.7 Å². The molecule has 0 rings (SSSR count). The molecular formula is C7H18O4Si. The van der Waals surface area contributed by atoms with Gasteiger partial charge in [-0.2, -0.15) is 0 Å². The van der Waals surface area contributed by atoms with Crippen LogP contribution in [0.5, 0.6) is 0 Å². The quantitative estimate of drug-likeness (QED) is 0.587. The minimum Gasteiger partial charge on any atom is -0.394 e. The average molecular weight is 194 g/mol. The number of hydrogen-bond donors (Lipinski definition) is 1. The van der Waals surface area contributed by atoms with Crippen LogP contribution < -0.4 is 0 Å². The second-order valence-corrected chi connectivity index (χ2v) is 3.84. The molecule has 0 aromatic heterocycles.